The van der Waals surface area contributed by atoms with Crippen molar-refractivity contribution in [2.75, 3.05) is 30.0 Å². The lowest BCUT2D eigenvalue weighted by atomic mass is 10.1. The highest BCUT2D eigenvalue weighted by atomic mass is 32.2. The molecule has 0 radical (unpaired) electrons. The van der Waals surface area contributed by atoms with Gasteiger partial charge in [0.1, 0.15) is 5.82 Å². The van der Waals surface area contributed by atoms with Crippen LogP contribution in [0.2, 0.25) is 0 Å². The van der Waals surface area contributed by atoms with Crippen LogP contribution in [0.15, 0.2) is 40.4 Å². The van der Waals surface area contributed by atoms with Crippen LogP contribution in [0.4, 0.5) is 17.2 Å². The van der Waals surface area contributed by atoms with Crippen LogP contribution in [0.1, 0.15) is 37.4 Å². The van der Waals surface area contributed by atoms with Crippen LogP contribution in [-0.4, -0.2) is 70.8 Å². The molecular weight excluding hydrogens is 528 g/mol. The molecule has 4 aromatic rings. The first-order chi connectivity index (χ1) is 18.1. The van der Waals surface area contributed by atoms with E-state index in [1.54, 1.807) is 22.4 Å². The zero-order valence-corrected chi connectivity index (χ0v) is 22.8. The highest BCUT2D eigenvalue weighted by Gasteiger charge is 2.28. The van der Waals surface area contributed by atoms with E-state index < -0.39 is 10.0 Å². The van der Waals surface area contributed by atoms with Crippen molar-refractivity contribution in [3.63, 3.8) is 0 Å². The summed E-state index contributed by atoms with van der Waals surface area (Å²) in [5, 5.41) is 14.8. The molecule has 38 heavy (non-hydrogen) atoms. The molecule has 0 unspecified atom stereocenters. The third-order valence-corrected chi connectivity index (χ3v) is 7.51. The van der Waals surface area contributed by atoms with E-state index in [0.29, 0.717) is 37.3 Å². The summed E-state index contributed by atoms with van der Waals surface area (Å²) in [7, 11) is -3.29. The van der Waals surface area contributed by atoms with Gasteiger partial charge >= 0.3 is 11.8 Å². The molecule has 3 aromatic heterocycles. The van der Waals surface area contributed by atoms with Gasteiger partial charge in [0.15, 0.2) is 0 Å². The Morgan fingerprint density at radius 3 is 2.68 bits per heavy atom. The fourth-order valence-electron chi connectivity index (χ4n) is 4.26. The van der Waals surface area contributed by atoms with Gasteiger partial charge in [0.2, 0.25) is 10.0 Å². The molecule has 1 fully saturated rings. The van der Waals surface area contributed by atoms with E-state index >= 15 is 0 Å². The standard InChI is InChI=1S/C24H28N8O4S2/c1-14(2)27-19-11-21(28-16-4-5-18-20(10-16)37-13-26-18)25-12-17(19)22-29-30-23(36-22)24(33)32-8-6-15(7-9-32)31-38(3,34)35/h4-5,10-15,31H,6-9H2,1-3H3,(H2,25,27,28). The normalized spacial score (nSPS) is 14.8. The number of benzene rings is 1. The molecule has 3 N–H and O–H groups in total. The molecule has 1 saturated heterocycles. The first kappa shape index (κ1) is 26.0. The van der Waals surface area contributed by atoms with Crippen LogP contribution >= 0.6 is 11.3 Å². The lowest BCUT2D eigenvalue weighted by Gasteiger charge is -2.31. The second-order valence-electron chi connectivity index (χ2n) is 9.44. The number of hydrogen-bond donors (Lipinski definition) is 3. The van der Waals surface area contributed by atoms with Crippen molar-refractivity contribution in [3.05, 3.63) is 41.9 Å². The van der Waals surface area contributed by atoms with Crippen molar-refractivity contribution in [1.29, 1.82) is 0 Å². The molecule has 0 aliphatic carbocycles. The molecule has 5 rings (SSSR count). The summed E-state index contributed by atoms with van der Waals surface area (Å²) in [6.45, 7) is 4.80. The number of hydrogen-bond acceptors (Lipinski definition) is 11. The fourth-order valence-corrected chi connectivity index (χ4v) is 5.82. The highest BCUT2D eigenvalue weighted by Crippen LogP contribution is 2.31. The lowest BCUT2D eigenvalue weighted by molar-refractivity contribution is 0.0671. The number of carbonyl (C=O) groups excluding carboxylic acids is 1. The van der Waals surface area contributed by atoms with Crippen molar-refractivity contribution in [2.45, 2.75) is 38.8 Å². The number of piperidine rings is 1. The van der Waals surface area contributed by atoms with Crippen LogP contribution in [-0.2, 0) is 10.0 Å². The number of pyridine rings is 1. The zero-order valence-electron chi connectivity index (χ0n) is 21.1. The molecule has 14 heteroatoms. The Morgan fingerprint density at radius 1 is 1.16 bits per heavy atom. The Hall–Kier alpha value is -3.62. The molecule has 1 aromatic carbocycles. The number of likely N-dealkylation sites (tertiary alicyclic amines) is 1. The Morgan fingerprint density at radius 2 is 1.95 bits per heavy atom. The number of carbonyl (C=O) groups is 1. The molecule has 0 saturated carbocycles. The zero-order chi connectivity index (χ0) is 26.9. The van der Waals surface area contributed by atoms with E-state index in [-0.39, 0.29) is 29.8 Å². The van der Waals surface area contributed by atoms with Crippen molar-refractivity contribution < 1.29 is 17.6 Å². The van der Waals surface area contributed by atoms with E-state index in [9.17, 15) is 13.2 Å². The third-order valence-electron chi connectivity index (χ3n) is 5.95. The second-order valence-corrected chi connectivity index (χ2v) is 12.1. The van der Waals surface area contributed by atoms with Crippen LogP contribution < -0.4 is 15.4 Å². The summed E-state index contributed by atoms with van der Waals surface area (Å²) >= 11 is 1.57. The minimum Gasteiger partial charge on any atom is -0.412 e. The monoisotopic (exact) mass is 556 g/mol. The van der Waals surface area contributed by atoms with E-state index in [0.717, 1.165) is 27.8 Å². The molecule has 0 spiro atoms. The van der Waals surface area contributed by atoms with E-state index in [1.165, 1.54) is 0 Å². The first-order valence-corrected chi connectivity index (χ1v) is 14.9. The largest absolute Gasteiger partial charge is 0.412 e. The molecule has 200 valence electrons. The average Bonchev–Trinajstić information content (AvgIpc) is 3.53. The third kappa shape index (κ3) is 6.09. The fraction of sp³-hybridized carbons (Fsp3) is 0.375. The predicted molar refractivity (Wildman–Crippen MR) is 146 cm³/mol. The molecule has 1 aliphatic heterocycles. The Balaban J connectivity index is 1.32. The minimum absolute atomic E-state index is 0.114. The number of sulfonamides is 1. The first-order valence-electron chi connectivity index (χ1n) is 12.1. The molecule has 12 nitrogen and oxygen atoms in total. The van der Waals surface area contributed by atoms with Gasteiger partial charge in [-0.1, -0.05) is 0 Å². The predicted octanol–water partition coefficient (Wildman–Crippen LogP) is 3.46. The summed E-state index contributed by atoms with van der Waals surface area (Å²) in [4.78, 5) is 23.4. The lowest BCUT2D eigenvalue weighted by Crippen LogP contribution is -2.46. The molecule has 1 aliphatic rings. The smallest absolute Gasteiger partial charge is 0.311 e. The van der Waals surface area contributed by atoms with E-state index in [1.807, 2.05) is 43.6 Å². The minimum atomic E-state index is -3.29. The van der Waals surface area contributed by atoms with E-state index in [2.05, 4.69) is 35.5 Å². The molecule has 1 amide bonds. The van der Waals surface area contributed by atoms with Gasteiger partial charge in [0.05, 0.1) is 33.2 Å². The summed E-state index contributed by atoms with van der Waals surface area (Å²) < 4.78 is 32.4. The van der Waals surface area contributed by atoms with E-state index in [4.69, 9.17) is 4.42 Å². The van der Waals surface area contributed by atoms with Crippen LogP contribution in [0.3, 0.4) is 0 Å². The van der Waals surface area contributed by atoms with Crippen molar-refractivity contribution in [2.24, 2.45) is 0 Å². The number of aromatic nitrogens is 4. The number of rotatable bonds is 8. The average molecular weight is 557 g/mol. The second kappa shape index (κ2) is 10.6. The molecular formula is C24H28N8O4S2. The maximum absolute atomic E-state index is 13.0. The van der Waals surface area contributed by atoms with Crippen LogP contribution in [0.25, 0.3) is 21.7 Å². The number of thiazole rings is 1. The van der Waals surface area contributed by atoms with Gasteiger partial charge in [0.25, 0.3) is 5.89 Å². The van der Waals surface area contributed by atoms with Gasteiger partial charge in [0, 0.05) is 43.1 Å². The number of anilines is 3. The summed E-state index contributed by atoms with van der Waals surface area (Å²) in [6, 6.07) is 7.70. The molecule has 0 bridgehead atoms. The summed E-state index contributed by atoms with van der Waals surface area (Å²) in [5.74, 6) is 0.298. The van der Waals surface area contributed by atoms with Gasteiger partial charge in [-0.3, -0.25) is 4.79 Å². The van der Waals surface area contributed by atoms with Crippen molar-refractivity contribution in [1.82, 2.24) is 29.8 Å². The number of fused-ring (bicyclic) bond motifs is 1. The quantitative estimate of drug-likeness (QED) is 0.294. The van der Waals surface area contributed by atoms with Crippen LogP contribution in [0, 0.1) is 0 Å². The van der Waals surface area contributed by atoms with Crippen molar-refractivity contribution in [3.8, 4) is 11.5 Å². The number of nitrogens with one attached hydrogen (secondary N) is 3. The molecule has 4 heterocycles. The van der Waals surface area contributed by atoms with Crippen LogP contribution in [0.5, 0.6) is 0 Å². The Kier molecular flexibility index (Phi) is 7.27. The maximum atomic E-state index is 13.0. The number of amides is 1. The van der Waals surface area contributed by atoms with Gasteiger partial charge in [-0.2, -0.15) is 0 Å². The van der Waals surface area contributed by atoms with Crippen molar-refractivity contribution >= 4 is 54.7 Å². The van der Waals surface area contributed by atoms with Gasteiger partial charge in [-0.05, 0) is 44.9 Å². The van der Waals surface area contributed by atoms with Gasteiger partial charge < -0.3 is 20.0 Å². The Labute approximate surface area is 223 Å². The topological polar surface area (TPSA) is 155 Å². The number of nitrogens with zero attached hydrogens (tertiary/aromatic N) is 5. The van der Waals surface area contributed by atoms with Gasteiger partial charge in [-0.25, -0.2) is 23.1 Å². The maximum Gasteiger partial charge on any atom is 0.311 e. The Bertz CT molecular complexity index is 1560. The highest BCUT2D eigenvalue weighted by molar-refractivity contribution is 7.88. The van der Waals surface area contributed by atoms with Gasteiger partial charge in [-0.15, -0.1) is 21.5 Å². The summed E-state index contributed by atoms with van der Waals surface area (Å²) in [6.07, 6.45) is 3.78. The summed E-state index contributed by atoms with van der Waals surface area (Å²) in [5.41, 5.74) is 4.95. The SMILES string of the molecule is CC(C)Nc1cc(Nc2ccc3ncsc3c2)ncc1-c1nnc(C(=O)N2CCC(NS(C)(=O)=O)CC2)o1. The molecule has 0 atom stereocenters.